The fourth-order valence-electron chi connectivity index (χ4n) is 5.44. The first kappa shape index (κ1) is 29.8. The molecule has 40 heavy (non-hydrogen) atoms. The maximum Gasteiger partial charge on any atom is 0.417 e. The monoisotopic (exact) mass is 563 g/mol. The summed E-state index contributed by atoms with van der Waals surface area (Å²) < 4.78 is 56.8. The summed E-state index contributed by atoms with van der Waals surface area (Å²) in [6.45, 7) is 10.8. The number of halogens is 4. The maximum absolute atomic E-state index is 15.7. The van der Waals surface area contributed by atoms with Crippen molar-refractivity contribution in [3.8, 4) is 0 Å². The Hall–Kier alpha value is -3.18. The van der Waals surface area contributed by atoms with Crippen molar-refractivity contribution in [3.05, 3.63) is 63.3 Å². The van der Waals surface area contributed by atoms with Crippen molar-refractivity contribution in [2.45, 2.75) is 64.8 Å². The van der Waals surface area contributed by atoms with Crippen LogP contribution < -0.4 is 15.8 Å². The Morgan fingerprint density at radius 3 is 2.42 bits per heavy atom. The number of hydrogen-bond donors (Lipinski definition) is 2. The van der Waals surface area contributed by atoms with Crippen LogP contribution in [0.15, 0.2) is 35.3 Å². The van der Waals surface area contributed by atoms with E-state index in [-0.39, 0.29) is 17.8 Å². The molecule has 3 heterocycles. The van der Waals surface area contributed by atoms with Crippen LogP contribution in [0.25, 0.3) is 5.57 Å². The Bertz CT molecular complexity index is 1330. The first-order valence-electron chi connectivity index (χ1n) is 13.6. The van der Waals surface area contributed by atoms with Gasteiger partial charge in [0.25, 0.3) is 5.91 Å². The molecule has 2 N–H and O–H groups in total. The van der Waals surface area contributed by atoms with Gasteiger partial charge in [0.15, 0.2) is 0 Å². The molecule has 7 nitrogen and oxygen atoms in total. The summed E-state index contributed by atoms with van der Waals surface area (Å²) in [4.78, 5) is 33.5. The second kappa shape index (κ2) is 11.7. The van der Waals surface area contributed by atoms with Gasteiger partial charge in [-0.2, -0.15) is 13.2 Å². The topological polar surface area (TPSA) is 71.7 Å². The lowest BCUT2D eigenvalue weighted by atomic mass is 9.96. The van der Waals surface area contributed by atoms with Crippen LogP contribution in [0, 0.1) is 5.82 Å². The summed E-state index contributed by atoms with van der Waals surface area (Å²) in [5.74, 6) is -1.49. The summed E-state index contributed by atoms with van der Waals surface area (Å²) in [5.41, 5.74) is -1.30. The van der Waals surface area contributed by atoms with Gasteiger partial charge < -0.3 is 15.2 Å². The highest BCUT2D eigenvalue weighted by atomic mass is 19.4. The molecule has 1 fully saturated rings. The fraction of sp³-hybridized carbons (Fsp3) is 0.517. The molecule has 0 aliphatic carbocycles. The van der Waals surface area contributed by atoms with Crippen molar-refractivity contribution in [3.63, 3.8) is 0 Å². The average Bonchev–Trinajstić information content (AvgIpc) is 2.91. The Morgan fingerprint density at radius 1 is 1.18 bits per heavy atom. The van der Waals surface area contributed by atoms with Crippen LogP contribution in [0.2, 0.25) is 0 Å². The third-order valence-corrected chi connectivity index (χ3v) is 8.31. The Balaban J connectivity index is 1.76. The van der Waals surface area contributed by atoms with Crippen LogP contribution in [0.5, 0.6) is 0 Å². The van der Waals surface area contributed by atoms with E-state index < -0.39 is 34.6 Å². The minimum absolute atomic E-state index is 0.124. The van der Waals surface area contributed by atoms with E-state index in [1.807, 2.05) is 31.9 Å². The Kier molecular flexibility index (Phi) is 8.75. The number of H-pyrrole nitrogens is 1. The lowest BCUT2D eigenvalue weighted by molar-refractivity contribution is -0.138. The molecule has 2 aliphatic rings. The van der Waals surface area contributed by atoms with Crippen molar-refractivity contribution in [2.75, 3.05) is 43.4 Å². The van der Waals surface area contributed by atoms with Crippen LogP contribution in [-0.4, -0.2) is 72.0 Å². The number of aromatic nitrogens is 1. The van der Waals surface area contributed by atoms with Gasteiger partial charge in [0, 0.05) is 62.1 Å². The Labute approximate surface area is 231 Å². The summed E-state index contributed by atoms with van der Waals surface area (Å²) in [5, 5.41) is 2.62. The third kappa shape index (κ3) is 6.25. The number of amides is 1. The predicted octanol–water partition coefficient (Wildman–Crippen LogP) is 5.20. The molecule has 4 rings (SSSR count). The number of rotatable bonds is 6. The molecule has 1 aromatic carbocycles. The minimum atomic E-state index is -4.91. The highest BCUT2D eigenvalue weighted by Crippen LogP contribution is 2.37. The van der Waals surface area contributed by atoms with Crippen LogP contribution in [0.3, 0.4) is 0 Å². The van der Waals surface area contributed by atoms with Crippen molar-refractivity contribution >= 4 is 22.9 Å². The van der Waals surface area contributed by atoms with Crippen molar-refractivity contribution in [1.82, 2.24) is 14.8 Å². The maximum atomic E-state index is 15.7. The highest BCUT2D eigenvalue weighted by Gasteiger charge is 2.36. The minimum Gasteiger partial charge on any atom is -0.367 e. The zero-order valence-corrected chi connectivity index (χ0v) is 23.5. The van der Waals surface area contributed by atoms with Crippen LogP contribution >= 0.6 is 0 Å². The quantitative estimate of drug-likeness (QED) is 0.473. The normalized spacial score (nSPS) is 21.7. The van der Waals surface area contributed by atoms with E-state index in [0.717, 1.165) is 24.7 Å². The summed E-state index contributed by atoms with van der Waals surface area (Å²) >= 11 is 0. The summed E-state index contributed by atoms with van der Waals surface area (Å²) in [6, 6.07) is 3.90. The number of carbonyl (C=O) groups excluding carboxylic acids is 1. The lowest BCUT2D eigenvalue weighted by Gasteiger charge is -2.44. The van der Waals surface area contributed by atoms with Gasteiger partial charge in [-0.3, -0.25) is 19.4 Å². The predicted molar refractivity (Wildman–Crippen MR) is 149 cm³/mol. The second-order valence-corrected chi connectivity index (χ2v) is 10.9. The molecule has 0 spiro atoms. The summed E-state index contributed by atoms with van der Waals surface area (Å²) in [7, 11) is 2.01. The first-order chi connectivity index (χ1) is 18.8. The van der Waals surface area contributed by atoms with Gasteiger partial charge in [-0.05, 0) is 58.4 Å². The van der Waals surface area contributed by atoms with Crippen molar-refractivity contribution in [2.24, 2.45) is 0 Å². The smallest absolute Gasteiger partial charge is 0.367 e. The molecule has 2 aliphatic heterocycles. The molecule has 1 unspecified atom stereocenters. The van der Waals surface area contributed by atoms with Gasteiger partial charge in [0.1, 0.15) is 5.82 Å². The zero-order valence-electron chi connectivity index (χ0n) is 23.5. The van der Waals surface area contributed by atoms with Crippen LogP contribution in [0.1, 0.15) is 62.0 Å². The number of nitrogens with one attached hydrogen (secondary N) is 2. The molecule has 1 amide bonds. The van der Waals surface area contributed by atoms with Crippen LogP contribution in [-0.2, 0) is 6.18 Å². The van der Waals surface area contributed by atoms with E-state index in [1.54, 1.807) is 0 Å². The number of likely N-dealkylation sites (N-methyl/N-ethyl adjacent to an activating group) is 1. The van der Waals surface area contributed by atoms with E-state index >= 15 is 4.39 Å². The molecule has 218 valence electrons. The van der Waals surface area contributed by atoms with E-state index in [9.17, 15) is 22.8 Å². The number of hydrogen-bond acceptors (Lipinski definition) is 5. The van der Waals surface area contributed by atoms with Crippen molar-refractivity contribution in [1.29, 1.82) is 0 Å². The van der Waals surface area contributed by atoms with Gasteiger partial charge in [-0.1, -0.05) is 13.0 Å². The number of carbonyl (C=O) groups is 1. The largest absolute Gasteiger partial charge is 0.417 e. The number of alkyl halides is 3. The molecule has 11 heteroatoms. The molecular weight excluding hydrogens is 526 g/mol. The number of piperazine rings is 1. The van der Waals surface area contributed by atoms with E-state index in [0.29, 0.717) is 49.4 Å². The lowest BCUT2D eigenvalue weighted by Crippen LogP contribution is -2.55. The van der Waals surface area contributed by atoms with E-state index in [4.69, 9.17) is 0 Å². The van der Waals surface area contributed by atoms with E-state index in [1.165, 1.54) is 12.1 Å². The number of anilines is 2. The highest BCUT2D eigenvalue weighted by molar-refractivity contribution is 6.07. The fourth-order valence-corrected chi connectivity index (χ4v) is 5.44. The molecule has 1 saturated heterocycles. The van der Waals surface area contributed by atoms with Crippen LogP contribution in [0.4, 0.5) is 28.9 Å². The van der Waals surface area contributed by atoms with Gasteiger partial charge in [0.2, 0.25) is 5.56 Å². The number of benzene rings is 1. The number of pyridine rings is 1. The number of aromatic amines is 1. The average molecular weight is 564 g/mol. The molecule has 1 aromatic heterocycles. The summed E-state index contributed by atoms with van der Waals surface area (Å²) in [6.07, 6.45) is -0.571. The third-order valence-electron chi connectivity index (χ3n) is 8.31. The van der Waals surface area contributed by atoms with Crippen molar-refractivity contribution < 1.29 is 22.4 Å². The molecule has 0 bridgehead atoms. The van der Waals surface area contributed by atoms with Gasteiger partial charge in [0.05, 0.1) is 22.5 Å². The standard InChI is InChI=1S/C29H37F4N5O2/c1-6-17(2)37-9-7-20(8-10-37)21-11-25(26(13-24(21)30)38-15-18(3)36(5)19(4)16-38)35-28(40)22-14-34-27(39)12-23(22)29(31,32)33/h7,11-14,17-19H,6,8-10,15-16H2,1-5H3,(H,34,39)(H,35,40)/t17?,18-,19+. The molecule has 2 aromatic rings. The van der Waals surface area contributed by atoms with Gasteiger partial charge in [-0.25, -0.2) is 4.39 Å². The molecule has 0 radical (unpaired) electrons. The zero-order chi connectivity index (χ0) is 29.4. The second-order valence-electron chi connectivity index (χ2n) is 10.9. The molecular formula is C29H37F4N5O2. The Morgan fingerprint density at radius 2 is 1.85 bits per heavy atom. The van der Waals surface area contributed by atoms with Gasteiger partial charge >= 0.3 is 6.18 Å². The molecule has 0 saturated carbocycles. The SMILES string of the molecule is CCC(C)N1CC=C(c2cc(NC(=O)c3c[nH]c(=O)cc3C(F)(F)F)c(N3C[C@@H](C)N(C)[C@@H](C)C3)cc2F)CC1. The number of nitrogens with zero attached hydrogens (tertiary/aromatic N) is 3. The molecule has 3 atom stereocenters. The first-order valence-corrected chi connectivity index (χ1v) is 13.6. The van der Waals surface area contributed by atoms with E-state index in [2.05, 4.69) is 33.9 Å². The van der Waals surface area contributed by atoms with Gasteiger partial charge in [-0.15, -0.1) is 0 Å².